The largest absolute Gasteiger partial charge is 0.506 e. The lowest BCUT2D eigenvalue weighted by atomic mass is 9.45. The van der Waals surface area contributed by atoms with Crippen LogP contribution in [-0.4, -0.2) is 61.4 Å². The summed E-state index contributed by atoms with van der Waals surface area (Å²) in [6.45, 7) is 12.8. The number of carboxylic acids is 1. The quantitative estimate of drug-likeness (QED) is 0.339. The minimum atomic E-state index is -1.72. The molecule has 0 aromatic heterocycles. The number of ether oxygens (including phenoxy) is 3. The molecule has 1 aromatic carbocycles. The van der Waals surface area contributed by atoms with Crippen LogP contribution in [0, 0.1) is 17.8 Å². The molecule has 7 rings (SSSR count). The summed E-state index contributed by atoms with van der Waals surface area (Å²) in [6, 6.07) is 0. The van der Waals surface area contributed by atoms with E-state index in [1.165, 1.54) is 13.0 Å². The number of aliphatic hydroxyl groups is 1. The number of aliphatic hydroxyl groups excluding tert-OH is 1. The molecule has 4 fully saturated rings. The first-order valence-corrected chi connectivity index (χ1v) is 14.5. The number of phenols is 1. The third-order valence-electron chi connectivity index (χ3n) is 9.94. The van der Waals surface area contributed by atoms with Gasteiger partial charge >= 0.3 is 5.97 Å². The molecule has 6 atom stereocenters. The van der Waals surface area contributed by atoms with Gasteiger partial charge in [0.05, 0.1) is 23.2 Å². The van der Waals surface area contributed by atoms with Crippen molar-refractivity contribution in [1.29, 1.82) is 0 Å². The van der Waals surface area contributed by atoms with Gasteiger partial charge in [-0.05, 0) is 73.5 Å². The Kier molecular flexibility index (Phi) is 6.01. The number of carbonyl (C=O) groups excluding carboxylic acids is 2. The molecule has 3 heterocycles. The van der Waals surface area contributed by atoms with Crippen molar-refractivity contribution >= 4 is 23.6 Å². The van der Waals surface area contributed by atoms with E-state index in [0.717, 1.165) is 5.57 Å². The van der Waals surface area contributed by atoms with Gasteiger partial charge in [-0.3, -0.25) is 9.59 Å². The SMILES string of the molecule is CC(C)=CCc1c2c(c(O)c3c1O[C@]14C(C3=O)[C@@H](O)[C@@H]3C[C@H]1C(C)(C)O[C@@]4(CC=C(C)C(=O)O)C3=O)C=CC(C)(C)O2. The lowest BCUT2D eigenvalue weighted by molar-refractivity contribution is -0.220. The molecule has 1 saturated heterocycles. The van der Waals surface area contributed by atoms with Gasteiger partial charge in [0.2, 0.25) is 0 Å². The van der Waals surface area contributed by atoms with Gasteiger partial charge in [-0.15, -0.1) is 0 Å². The van der Waals surface area contributed by atoms with E-state index in [9.17, 15) is 29.7 Å². The number of aromatic hydroxyl groups is 1. The van der Waals surface area contributed by atoms with Gasteiger partial charge in [0, 0.05) is 29.4 Å². The van der Waals surface area contributed by atoms with Crippen molar-refractivity contribution in [2.75, 3.05) is 0 Å². The van der Waals surface area contributed by atoms with Crippen LogP contribution in [0.25, 0.3) is 6.08 Å². The molecule has 3 aliphatic carbocycles. The van der Waals surface area contributed by atoms with Crippen LogP contribution in [0.5, 0.6) is 17.2 Å². The second kappa shape index (κ2) is 8.80. The van der Waals surface area contributed by atoms with Crippen molar-refractivity contribution in [1.82, 2.24) is 0 Å². The number of Topliss-reactive ketones (excluding diaryl/α,β-unsaturated/α-hetero) is 2. The van der Waals surface area contributed by atoms with Crippen molar-refractivity contribution in [3.8, 4) is 17.2 Å². The normalized spacial score (nSPS) is 34.6. The molecule has 3 N–H and O–H groups in total. The topological polar surface area (TPSA) is 140 Å². The third kappa shape index (κ3) is 3.52. The lowest BCUT2D eigenvalue weighted by Gasteiger charge is -2.62. The Bertz CT molecular complexity index is 1540. The summed E-state index contributed by atoms with van der Waals surface area (Å²) in [6.07, 6.45) is 6.03. The van der Waals surface area contributed by atoms with Crippen molar-refractivity contribution in [2.24, 2.45) is 17.8 Å². The lowest BCUT2D eigenvalue weighted by Crippen LogP contribution is -2.80. The van der Waals surface area contributed by atoms with E-state index < -0.39 is 63.8 Å². The highest BCUT2D eigenvalue weighted by Crippen LogP contribution is 2.70. The van der Waals surface area contributed by atoms with E-state index in [4.69, 9.17) is 14.2 Å². The van der Waals surface area contributed by atoms with Gasteiger partial charge in [-0.2, -0.15) is 0 Å². The van der Waals surface area contributed by atoms with Crippen LogP contribution in [0.4, 0.5) is 0 Å². The smallest absolute Gasteiger partial charge is 0.330 e. The van der Waals surface area contributed by atoms with Crippen LogP contribution in [0.3, 0.4) is 0 Å². The molecule has 3 aliphatic heterocycles. The molecule has 1 unspecified atom stereocenters. The molecule has 1 spiro atoms. The van der Waals surface area contributed by atoms with E-state index in [1.54, 1.807) is 12.2 Å². The van der Waals surface area contributed by atoms with Crippen molar-refractivity contribution in [3.63, 3.8) is 0 Å². The van der Waals surface area contributed by atoms with Gasteiger partial charge in [0.15, 0.2) is 22.8 Å². The zero-order valence-electron chi connectivity index (χ0n) is 25.0. The predicted molar refractivity (Wildman–Crippen MR) is 153 cm³/mol. The highest BCUT2D eigenvalue weighted by molar-refractivity contribution is 6.10. The fraction of sp³-hybridized carbons (Fsp3) is 0.545. The fourth-order valence-electron chi connectivity index (χ4n) is 8.04. The number of rotatable bonds is 5. The molecule has 6 aliphatic rings. The van der Waals surface area contributed by atoms with Gasteiger partial charge < -0.3 is 29.5 Å². The summed E-state index contributed by atoms with van der Waals surface area (Å²) in [7, 11) is 0. The number of carbonyl (C=O) groups is 3. The number of phenolic OH excluding ortho intramolecular Hbond substituents is 1. The van der Waals surface area contributed by atoms with Crippen LogP contribution in [0.1, 0.15) is 82.8 Å². The maximum Gasteiger partial charge on any atom is 0.330 e. The zero-order valence-corrected chi connectivity index (χ0v) is 25.0. The molecule has 0 radical (unpaired) electrons. The Labute approximate surface area is 244 Å². The van der Waals surface area contributed by atoms with Gasteiger partial charge in [0.1, 0.15) is 28.4 Å². The van der Waals surface area contributed by atoms with Gasteiger partial charge in [-0.1, -0.05) is 17.7 Å². The zero-order chi connectivity index (χ0) is 30.7. The second-order valence-corrected chi connectivity index (χ2v) is 13.7. The Morgan fingerprint density at radius 2 is 1.76 bits per heavy atom. The van der Waals surface area contributed by atoms with E-state index in [2.05, 4.69) is 0 Å². The summed E-state index contributed by atoms with van der Waals surface area (Å²) >= 11 is 0. The fourth-order valence-corrected chi connectivity index (χ4v) is 8.04. The van der Waals surface area contributed by atoms with E-state index in [1.807, 2.05) is 47.6 Å². The van der Waals surface area contributed by atoms with Crippen molar-refractivity contribution < 1.29 is 43.9 Å². The van der Waals surface area contributed by atoms with Crippen LogP contribution < -0.4 is 9.47 Å². The van der Waals surface area contributed by atoms with Crippen molar-refractivity contribution in [3.05, 3.63) is 46.1 Å². The number of fused-ring (bicyclic) bond motifs is 2. The summed E-state index contributed by atoms with van der Waals surface area (Å²) in [5.74, 6) is -4.44. The van der Waals surface area contributed by atoms with Gasteiger partial charge in [0.25, 0.3) is 0 Å². The van der Waals surface area contributed by atoms with E-state index in [0.29, 0.717) is 23.3 Å². The maximum absolute atomic E-state index is 14.6. The van der Waals surface area contributed by atoms with Gasteiger partial charge in [-0.25, -0.2) is 4.79 Å². The standard InChI is InChI=1S/C33H38O9/c1-15(2)8-9-18-26-17(11-12-30(4,5)40-26)23(34)21-25(36)22-24(35)19-14-20-31(6,7)42-32(28(19)37,13-10-16(3)29(38)39)33(20,22)41-27(18)21/h8,10-12,19-20,22,24,34-35H,9,13-14H2,1-7H3,(H,38,39)/t19-,20-,22?,24-,32-,33-/m0/s1. The molecule has 0 amide bonds. The molecule has 42 heavy (non-hydrogen) atoms. The third-order valence-corrected chi connectivity index (χ3v) is 9.94. The highest BCUT2D eigenvalue weighted by Gasteiger charge is 2.85. The predicted octanol–water partition coefficient (Wildman–Crippen LogP) is 4.56. The highest BCUT2D eigenvalue weighted by atomic mass is 16.6. The molecule has 1 aromatic rings. The number of ketones is 2. The maximum atomic E-state index is 14.6. The first-order chi connectivity index (χ1) is 19.5. The minimum absolute atomic E-state index is 0.0258. The number of benzene rings is 1. The van der Waals surface area contributed by atoms with Crippen LogP contribution >= 0.6 is 0 Å². The molecular formula is C33H38O9. The van der Waals surface area contributed by atoms with E-state index in [-0.39, 0.29) is 35.5 Å². The van der Waals surface area contributed by atoms with Crippen LogP contribution in [0.2, 0.25) is 0 Å². The molecule has 3 saturated carbocycles. The molecule has 4 bridgehead atoms. The molecule has 9 heteroatoms. The average molecular weight is 579 g/mol. The first kappa shape index (κ1) is 28.7. The molecule has 9 nitrogen and oxygen atoms in total. The number of hydrogen-bond acceptors (Lipinski definition) is 8. The Hall–Kier alpha value is -3.43. The Morgan fingerprint density at radius 1 is 1.07 bits per heavy atom. The average Bonchev–Trinajstić information content (AvgIpc) is 3.02. The Morgan fingerprint density at radius 3 is 2.40 bits per heavy atom. The molecule has 224 valence electrons. The van der Waals surface area contributed by atoms with Crippen LogP contribution in [-0.2, 0) is 20.7 Å². The first-order valence-electron chi connectivity index (χ1n) is 14.5. The number of hydrogen-bond donors (Lipinski definition) is 3. The number of allylic oxidation sites excluding steroid dienone is 2. The summed E-state index contributed by atoms with van der Waals surface area (Å²) < 4.78 is 20.0. The summed E-state index contributed by atoms with van der Waals surface area (Å²) in [5.41, 5.74) is -3.09. The van der Waals surface area contributed by atoms with E-state index >= 15 is 0 Å². The Balaban J connectivity index is 1.66. The second-order valence-electron chi connectivity index (χ2n) is 13.7. The minimum Gasteiger partial charge on any atom is -0.506 e. The summed E-state index contributed by atoms with van der Waals surface area (Å²) in [5, 5.41) is 32.7. The number of carboxylic acid groups (broad SMARTS) is 1. The van der Waals surface area contributed by atoms with Crippen molar-refractivity contribution in [2.45, 2.75) is 96.2 Å². The molecular weight excluding hydrogens is 540 g/mol. The number of aliphatic carboxylic acids is 1. The van der Waals surface area contributed by atoms with Crippen LogP contribution in [0.15, 0.2) is 29.4 Å². The summed E-state index contributed by atoms with van der Waals surface area (Å²) in [4.78, 5) is 40.6. The monoisotopic (exact) mass is 578 g/mol.